The van der Waals surface area contributed by atoms with E-state index in [0.29, 0.717) is 23.7 Å². The van der Waals surface area contributed by atoms with Gasteiger partial charge in [0, 0.05) is 30.4 Å². The first-order chi connectivity index (χ1) is 13.6. The molecule has 2 aromatic carbocycles. The van der Waals surface area contributed by atoms with Crippen LogP contribution in [0.15, 0.2) is 47.6 Å². The summed E-state index contributed by atoms with van der Waals surface area (Å²) in [7, 11) is 0. The molecule has 0 bridgehead atoms. The Balaban J connectivity index is 1.90. The van der Waals surface area contributed by atoms with Crippen LogP contribution in [0.25, 0.3) is 0 Å². The van der Waals surface area contributed by atoms with E-state index in [2.05, 4.69) is 29.3 Å². The highest BCUT2D eigenvalue weighted by Gasteiger charge is 2.08. The standard InChI is InChI=1S/C21H27N3O4/c1-4-24(5-2)17-12-11-16(18(25)13-17)14-22-23-21(26)15-28-20-10-8-7-9-19(20)27-6-3/h7-14,25H,4-6,15H2,1-3H3,(H,23,26)/b22-14-. The molecule has 0 aliphatic heterocycles. The second-order valence-corrected chi connectivity index (χ2v) is 5.88. The van der Waals surface area contributed by atoms with Crippen molar-refractivity contribution in [3.63, 3.8) is 0 Å². The van der Waals surface area contributed by atoms with Crippen molar-refractivity contribution in [2.45, 2.75) is 20.8 Å². The Morgan fingerprint density at radius 2 is 1.79 bits per heavy atom. The van der Waals surface area contributed by atoms with E-state index >= 15 is 0 Å². The van der Waals surface area contributed by atoms with Gasteiger partial charge in [0.15, 0.2) is 18.1 Å². The van der Waals surface area contributed by atoms with Gasteiger partial charge in [-0.05, 0) is 45.0 Å². The average molecular weight is 385 g/mol. The first kappa shape index (κ1) is 21.1. The van der Waals surface area contributed by atoms with Gasteiger partial charge in [0.25, 0.3) is 5.91 Å². The Kier molecular flexibility index (Phi) is 8.14. The zero-order chi connectivity index (χ0) is 20.4. The Morgan fingerprint density at radius 1 is 1.11 bits per heavy atom. The van der Waals surface area contributed by atoms with Crippen LogP contribution in [0.2, 0.25) is 0 Å². The maximum atomic E-state index is 11.9. The Morgan fingerprint density at radius 3 is 2.39 bits per heavy atom. The Bertz CT molecular complexity index is 804. The van der Waals surface area contributed by atoms with Crippen molar-refractivity contribution in [1.82, 2.24) is 5.43 Å². The molecular weight excluding hydrogens is 358 g/mol. The summed E-state index contributed by atoms with van der Waals surface area (Å²) in [6, 6.07) is 12.5. The van der Waals surface area contributed by atoms with Crippen molar-refractivity contribution in [1.29, 1.82) is 0 Å². The molecule has 0 aliphatic carbocycles. The molecule has 7 heteroatoms. The average Bonchev–Trinajstić information content (AvgIpc) is 2.70. The second-order valence-electron chi connectivity index (χ2n) is 5.88. The van der Waals surface area contributed by atoms with Crippen LogP contribution in [0.5, 0.6) is 17.2 Å². The number of hydrazone groups is 1. The molecule has 0 saturated carbocycles. The molecule has 0 fully saturated rings. The number of nitrogens with one attached hydrogen (secondary N) is 1. The smallest absolute Gasteiger partial charge is 0.277 e. The Labute approximate surface area is 165 Å². The largest absolute Gasteiger partial charge is 0.507 e. The molecule has 0 aromatic heterocycles. The minimum atomic E-state index is -0.415. The van der Waals surface area contributed by atoms with Crippen LogP contribution >= 0.6 is 0 Å². The lowest BCUT2D eigenvalue weighted by Crippen LogP contribution is -2.24. The zero-order valence-electron chi connectivity index (χ0n) is 16.5. The number of rotatable bonds is 10. The van der Waals surface area contributed by atoms with Gasteiger partial charge in [-0.15, -0.1) is 0 Å². The summed E-state index contributed by atoms with van der Waals surface area (Å²) in [6.45, 7) is 8.00. The molecule has 7 nitrogen and oxygen atoms in total. The third kappa shape index (κ3) is 5.90. The molecule has 0 heterocycles. The fraction of sp³-hybridized carbons (Fsp3) is 0.333. The summed E-state index contributed by atoms with van der Waals surface area (Å²) < 4.78 is 10.9. The van der Waals surface area contributed by atoms with E-state index in [1.54, 1.807) is 30.3 Å². The van der Waals surface area contributed by atoms with E-state index in [0.717, 1.165) is 18.8 Å². The van der Waals surface area contributed by atoms with Crippen LogP contribution in [0, 0.1) is 0 Å². The number of amides is 1. The molecule has 28 heavy (non-hydrogen) atoms. The molecule has 150 valence electrons. The predicted octanol–water partition coefficient (Wildman–Crippen LogP) is 3.17. The van der Waals surface area contributed by atoms with Crippen LogP contribution in [-0.2, 0) is 4.79 Å². The van der Waals surface area contributed by atoms with Crippen LogP contribution in [0.4, 0.5) is 5.69 Å². The summed E-state index contributed by atoms with van der Waals surface area (Å²) in [5.74, 6) is 0.763. The number of ether oxygens (including phenoxy) is 2. The molecule has 2 aromatic rings. The highest BCUT2D eigenvalue weighted by atomic mass is 16.5. The summed E-state index contributed by atoms with van der Waals surface area (Å²) >= 11 is 0. The van der Waals surface area contributed by atoms with Crippen molar-refractivity contribution < 1.29 is 19.4 Å². The van der Waals surface area contributed by atoms with E-state index in [9.17, 15) is 9.90 Å². The van der Waals surface area contributed by atoms with Gasteiger partial charge in [-0.2, -0.15) is 5.10 Å². The fourth-order valence-electron chi connectivity index (χ4n) is 2.62. The third-order valence-electron chi connectivity index (χ3n) is 4.04. The van der Waals surface area contributed by atoms with Gasteiger partial charge >= 0.3 is 0 Å². The number of nitrogens with zero attached hydrogens (tertiary/aromatic N) is 2. The number of phenols is 1. The Hall–Kier alpha value is -3.22. The normalized spacial score (nSPS) is 10.7. The van der Waals surface area contributed by atoms with E-state index < -0.39 is 5.91 Å². The maximum Gasteiger partial charge on any atom is 0.277 e. The number of para-hydroxylation sites is 2. The number of aromatic hydroxyl groups is 1. The zero-order valence-corrected chi connectivity index (χ0v) is 16.5. The highest BCUT2D eigenvalue weighted by molar-refractivity contribution is 5.86. The van der Waals surface area contributed by atoms with Crippen LogP contribution in [0.1, 0.15) is 26.3 Å². The first-order valence-electron chi connectivity index (χ1n) is 9.33. The number of carbonyl (C=O) groups is 1. The molecule has 0 atom stereocenters. The summed E-state index contributed by atoms with van der Waals surface area (Å²) in [5, 5.41) is 14.0. The van der Waals surface area contributed by atoms with Crippen LogP contribution in [0.3, 0.4) is 0 Å². The number of hydrogen-bond acceptors (Lipinski definition) is 6. The van der Waals surface area contributed by atoms with E-state index in [4.69, 9.17) is 9.47 Å². The van der Waals surface area contributed by atoms with Gasteiger partial charge in [0.05, 0.1) is 12.8 Å². The number of carbonyl (C=O) groups excluding carboxylic acids is 1. The quantitative estimate of drug-likeness (QED) is 0.485. The number of phenolic OH excluding ortho intramolecular Hbond substituents is 1. The number of hydrogen-bond donors (Lipinski definition) is 2. The van der Waals surface area contributed by atoms with Gasteiger partial charge in [-0.3, -0.25) is 4.79 Å². The molecule has 0 spiro atoms. The summed E-state index contributed by atoms with van der Waals surface area (Å²) in [6.07, 6.45) is 1.40. The lowest BCUT2D eigenvalue weighted by molar-refractivity contribution is -0.123. The third-order valence-corrected chi connectivity index (χ3v) is 4.04. The molecular formula is C21H27N3O4. The lowest BCUT2D eigenvalue weighted by Gasteiger charge is -2.21. The second kappa shape index (κ2) is 10.8. The van der Waals surface area contributed by atoms with E-state index in [1.165, 1.54) is 6.21 Å². The number of anilines is 1. The molecule has 0 aliphatic rings. The maximum absolute atomic E-state index is 11.9. The van der Waals surface area contributed by atoms with Gasteiger partial charge in [-0.1, -0.05) is 12.1 Å². The van der Waals surface area contributed by atoms with Gasteiger partial charge in [0.2, 0.25) is 0 Å². The topological polar surface area (TPSA) is 83.4 Å². The molecule has 0 radical (unpaired) electrons. The summed E-state index contributed by atoms with van der Waals surface area (Å²) in [5.41, 5.74) is 3.83. The van der Waals surface area contributed by atoms with Crippen molar-refractivity contribution in [2.24, 2.45) is 5.10 Å². The van der Waals surface area contributed by atoms with Crippen molar-refractivity contribution in [2.75, 3.05) is 31.2 Å². The van der Waals surface area contributed by atoms with Crippen LogP contribution < -0.4 is 19.8 Å². The van der Waals surface area contributed by atoms with Crippen molar-refractivity contribution >= 4 is 17.8 Å². The highest BCUT2D eigenvalue weighted by Crippen LogP contribution is 2.26. The minimum absolute atomic E-state index is 0.101. The monoisotopic (exact) mass is 385 g/mol. The van der Waals surface area contributed by atoms with Gasteiger partial charge in [-0.25, -0.2) is 5.43 Å². The summed E-state index contributed by atoms with van der Waals surface area (Å²) in [4.78, 5) is 14.0. The number of benzene rings is 2. The van der Waals surface area contributed by atoms with Gasteiger partial charge in [0.1, 0.15) is 5.75 Å². The van der Waals surface area contributed by atoms with Crippen molar-refractivity contribution in [3.8, 4) is 17.2 Å². The predicted molar refractivity (Wildman–Crippen MR) is 111 cm³/mol. The molecule has 2 N–H and O–H groups in total. The van der Waals surface area contributed by atoms with Crippen molar-refractivity contribution in [3.05, 3.63) is 48.0 Å². The van der Waals surface area contributed by atoms with Crippen LogP contribution in [-0.4, -0.2) is 43.5 Å². The molecule has 0 saturated heterocycles. The van der Waals surface area contributed by atoms with Gasteiger partial charge < -0.3 is 19.5 Å². The molecule has 0 unspecified atom stereocenters. The first-order valence-corrected chi connectivity index (χ1v) is 9.33. The molecule has 1 amide bonds. The van der Waals surface area contributed by atoms with E-state index in [-0.39, 0.29) is 12.4 Å². The molecule has 2 rings (SSSR count). The minimum Gasteiger partial charge on any atom is -0.507 e. The fourth-order valence-corrected chi connectivity index (χ4v) is 2.62. The van der Waals surface area contributed by atoms with E-state index in [1.807, 2.05) is 19.1 Å². The SMILES string of the molecule is CCOc1ccccc1OCC(=O)N/N=C\c1ccc(N(CC)CC)cc1O. The lowest BCUT2D eigenvalue weighted by atomic mass is 10.2.